The maximum atomic E-state index is 12.3. The van der Waals surface area contributed by atoms with Crippen molar-refractivity contribution in [2.45, 2.75) is 32.2 Å². The Balaban J connectivity index is 1.92. The third-order valence-electron chi connectivity index (χ3n) is 4.70. The molecular weight excluding hydrogens is 320 g/mol. The smallest absolute Gasteiger partial charge is 0.310 e. The van der Waals surface area contributed by atoms with Crippen LogP contribution in [0.25, 0.3) is 0 Å². The van der Waals surface area contributed by atoms with Crippen molar-refractivity contribution < 1.29 is 19.1 Å². The van der Waals surface area contributed by atoms with Crippen molar-refractivity contribution in [1.82, 2.24) is 5.32 Å². The van der Waals surface area contributed by atoms with E-state index in [-0.39, 0.29) is 24.3 Å². The van der Waals surface area contributed by atoms with Crippen LogP contribution in [0.2, 0.25) is 0 Å². The van der Waals surface area contributed by atoms with E-state index in [4.69, 9.17) is 15.2 Å². The number of carbonyl (C=O) groups is 2. The molecular formula is C19H28N2O4. The molecule has 25 heavy (non-hydrogen) atoms. The molecule has 6 heteroatoms. The quantitative estimate of drug-likeness (QED) is 0.723. The summed E-state index contributed by atoms with van der Waals surface area (Å²) in [5, 5.41) is 2.82. The molecule has 1 aromatic rings. The van der Waals surface area contributed by atoms with Gasteiger partial charge in [0.1, 0.15) is 0 Å². The second kappa shape index (κ2) is 9.53. The number of nitrogens with one attached hydrogen (secondary N) is 1. The Hall–Kier alpha value is -1.92. The highest BCUT2D eigenvalue weighted by molar-refractivity contribution is 5.82. The van der Waals surface area contributed by atoms with E-state index in [2.05, 4.69) is 5.32 Å². The number of ether oxygens (including phenoxy) is 2. The molecule has 1 fully saturated rings. The number of nitrogens with two attached hydrogens (primary N) is 1. The van der Waals surface area contributed by atoms with Gasteiger partial charge in [-0.05, 0) is 37.7 Å². The summed E-state index contributed by atoms with van der Waals surface area (Å²) in [5.41, 5.74) is 8.25. The van der Waals surface area contributed by atoms with Crippen molar-refractivity contribution in [3.63, 3.8) is 0 Å². The van der Waals surface area contributed by atoms with Crippen LogP contribution < -0.4 is 11.1 Å². The molecule has 2 unspecified atom stereocenters. The SMILES string of the molecule is COC(=O)C(CNC(=O)C(N)C1CCOCC1)Cc1cccc(C)c1. The Bertz CT molecular complexity index is 585. The molecule has 6 nitrogen and oxygen atoms in total. The predicted molar refractivity (Wildman–Crippen MR) is 94.9 cm³/mol. The first-order valence-corrected chi connectivity index (χ1v) is 8.75. The second-order valence-electron chi connectivity index (χ2n) is 6.63. The fourth-order valence-electron chi connectivity index (χ4n) is 3.16. The van der Waals surface area contributed by atoms with Gasteiger partial charge in [-0.2, -0.15) is 0 Å². The number of amides is 1. The van der Waals surface area contributed by atoms with Crippen LogP contribution >= 0.6 is 0 Å². The fourth-order valence-corrected chi connectivity index (χ4v) is 3.16. The molecule has 2 rings (SSSR count). The fraction of sp³-hybridized carbons (Fsp3) is 0.579. The van der Waals surface area contributed by atoms with E-state index < -0.39 is 12.0 Å². The van der Waals surface area contributed by atoms with E-state index in [1.54, 1.807) is 0 Å². The zero-order valence-corrected chi connectivity index (χ0v) is 15.0. The van der Waals surface area contributed by atoms with Gasteiger partial charge >= 0.3 is 5.97 Å². The number of benzene rings is 1. The van der Waals surface area contributed by atoms with E-state index in [1.165, 1.54) is 7.11 Å². The molecule has 138 valence electrons. The third-order valence-corrected chi connectivity index (χ3v) is 4.70. The summed E-state index contributed by atoms with van der Waals surface area (Å²) in [5.74, 6) is -0.855. The molecule has 1 aliphatic rings. The van der Waals surface area contributed by atoms with Gasteiger partial charge in [0.05, 0.1) is 19.1 Å². The summed E-state index contributed by atoms with van der Waals surface area (Å²) in [6.07, 6.45) is 2.09. The first kappa shape index (κ1) is 19.4. The molecule has 0 spiro atoms. The number of hydrogen-bond acceptors (Lipinski definition) is 5. The summed E-state index contributed by atoms with van der Waals surface area (Å²) in [6, 6.07) is 7.40. The highest BCUT2D eigenvalue weighted by atomic mass is 16.5. The van der Waals surface area contributed by atoms with Gasteiger partial charge in [-0.15, -0.1) is 0 Å². The maximum Gasteiger partial charge on any atom is 0.310 e. The molecule has 3 N–H and O–H groups in total. The zero-order valence-electron chi connectivity index (χ0n) is 15.0. The summed E-state index contributed by atoms with van der Waals surface area (Å²) in [6.45, 7) is 3.51. The van der Waals surface area contributed by atoms with Crippen molar-refractivity contribution in [2.24, 2.45) is 17.6 Å². The van der Waals surface area contributed by atoms with Crippen molar-refractivity contribution in [3.05, 3.63) is 35.4 Å². The minimum Gasteiger partial charge on any atom is -0.469 e. The monoisotopic (exact) mass is 348 g/mol. The molecule has 1 amide bonds. The van der Waals surface area contributed by atoms with Crippen LogP contribution in [-0.4, -0.2) is 44.8 Å². The third kappa shape index (κ3) is 5.83. The Morgan fingerprint density at radius 2 is 2.08 bits per heavy atom. The summed E-state index contributed by atoms with van der Waals surface area (Å²) >= 11 is 0. The normalized spacial score (nSPS) is 17.6. The predicted octanol–water partition coefficient (Wildman–Crippen LogP) is 1.20. The lowest BCUT2D eigenvalue weighted by molar-refractivity contribution is -0.145. The van der Waals surface area contributed by atoms with Gasteiger partial charge in [-0.1, -0.05) is 29.8 Å². The van der Waals surface area contributed by atoms with Crippen LogP contribution in [0.15, 0.2) is 24.3 Å². The van der Waals surface area contributed by atoms with Gasteiger partial charge in [-0.3, -0.25) is 9.59 Å². The summed E-state index contributed by atoms with van der Waals surface area (Å²) in [4.78, 5) is 24.4. The Kier molecular flexibility index (Phi) is 7.40. The topological polar surface area (TPSA) is 90.7 Å². The Morgan fingerprint density at radius 1 is 1.36 bits per heavy atom. The van der Waals surface area contributed by atoms with Gasteiger partial charge in [0, 0.05) is 19.8 Å². The maximum absolute atomic E-state index is 12.3. The minimum atomic E-state index is -0.568. The summed E-state index contributed by atoms with van der Waals surface area (Å²) in [7, 11) is 1.36. The van der Waals surface area contributed by atoms with E-state index in [9.17, 15) is 9.59 Å². The molecule has 0 saturated carbocycles. The van der Waals surface area contributed by atoms with E-state index in [0.717, 1.165) is 24.0 Å². The van der Waals surface area contributed by atoms with Crippen LogP contribution in [0, 0.1) is 18.8 Å². The minimum absolute atomic E-state index is 0.127. The van der Waals surface area contributed by atoms with Crippen LogP contribution in [0.5, 0.6) is 0 Å². The highest BCUT2D eigenvalue weighted by Gasteiger charge is 2.28. The van der Waals surface area contributed by atoms with Crippen molar-refractivity contribution in [2.75, 3.05) is 26.9 Å². The van der Waals surface area contributed by atoms with Gasteiger partial charge in [0.2, 0.25) is 5.91 Å². The number of rotatable bonds is 7. The standard InChI is InChI=1S/C19H28N2O4/c1-13-4-3-5-14(10-13)11-16(19(23)24-2)12-21-18(22)17(20)15-6-8-25-9-7-15/h3-5,10,15-17H,6-9,11-12,20H2,1-2H3,(H,21,22). The van der Waals surface area contributed by atoms with Crippen molar-refractivity contribution in [3.8, 4) is 0 Å². The number of esters is 1. The number of hydrogen-bond donors (Lipinski definition) is 2. The van der Waals surface area contributed by atoms with Gasteiger partial charge < -0.3 is 20.5 Å². The first-order valence-electron chi connectivity index (χ1n) is 8.75. The Morgan fingerprint density at radius 3 is 2.72 bits per heavy atom. The average Bonchev–Trinajstić information content (AvgIpc) is 2.64. The van der Waals surface area contributed by atoms with Crippen LogP contribution in [0.3, 0.4) is 0 Å². The van der Waals surface area contributed by atoms with Gasteiger partial charge in [0.25, 0.3) is 0 Å². The Labute approximate surface area is 149 Å². The molecule has 1 aliphatic heterocycles. The lowest BCUT2D eigenvalue weighted by Gasteiger charge is -2.27. The molecule has 0 radical (unpaired) electrons. The molecule has 1 aromatic carbocycles. The molecule has 0 aromatic heterocycles. The zero-order chi connectivity index (χ0) is 18.2. The number of methoxy groups -OCH3 is 1. The summed E-state index contributed by atoms with van der Waals surface area (Å²) < 4.78 is 10.2. The molecule has 2 atom stereocenters. The molecule has 0 aliphatic carbocycles. The van der Waals surface area contributed by atoms with Gasteiger partial charge in [-0.25, -0.2) is 0 Å². The van der Waals surface area contributed by atoms with Crippen molar-refractivity contribution >= 4 is 11.9 Å². The highest BCUT2D eigenvalue weighted by Crippen LogP contribution is 2.18. The van der Waals surface area contributed by atoms with E-state index in [1.807, 2.05) is 31.2 Å². The number of aryl methyl sites for hydroxylation is 1. The van der Waals surface area contributed by atoms with Crippen LogP contribution in [0.4, 0.5) is 0 Å². The van der Waals surface area contributed by atoms with Crippen LogP contribution in [-0.2, 0) is 25.5 Å². The second-order valence-corrected chi connectivity index (χ2v) is 6.63. The van der Waals surface area contributed by atoms with E-state index in [0.29, 0.717) is 19.6 Å². The number of carbonyl (C=O) groups excluding carboxylic acids is 2. The lowest BCUT2D eigenvalue weighted by Crippen LogP contribution is -2.48. The molecule has 0 bridgehead atoms. The first-order chi connectivity index (χ1) is 12.0. The largest absolute Gasteiger partial charge is 0.469 e. The van der Waals surface area contributed by atoms with Gasteiger partial charge in [0.15, 0.2) is 0 Å². The van der Waals surface area contributed by atoms with Crippen LogP contribution in [0.1, 0.15) is 24.0 Å². The van der Waals surface area contributed by atoms with E-state index >= 15 is 0 Å². The average molecular weight is 348 g/mol. The lowest BCUT2D eigenvalue weighted by atomic mass is 9.91. The molecule has 1 heterocycles. The molecule has 1 saturated heterocycles. The van der Waals surface area contributed by atoms with Crippen molar-refractivity contribution in [1.29, 1.82) is 0 Å².